The van der Waals surface area contributed by atoms with Crippen molar-refractivity contribution in [2.75, 3.05) is 38.5 Å². The predicted octanol–water partition coefficient (Wildman–Crippen LogP) is 7.91. The maximum absolute atomic E-state index is 4.32. The average Bonchev–Trinajstić information content (AvgIpc) is 2.84. The topological polar surface area (TPSA) is 27.3 Å². The Morgan fingerprint density at radius 1 is 1.03 bits per heavy atom. The van der Waals surface area contributed by atoms with Crippen LogP contribution in [0.3, 0.4) is 0 Å². The molecule has 0 spiro atoms. The van der Waals surface area contributed by atoms with Crippen LogP contribution in [0.2, 0.25) is 0 Å². The monoisotopic (exact) mass is 515 g/mol. The summed E-state index contributed by atoms with van der Waals surface area (Å²) >= 11 is 3.58. The van der Waals surface area contributed by atoms with Crippen LogP contribution in [0.25, 0.3) is 5.70 Å². The minimum absolute atomic E-state index is 0.661. The van der Waals surface area contributed by atoms with E-state index >= 15 is 0 Å². The molecule has 2 N–H and O–H groups in total. The molecule has 0 amide bonds. The Bertz CT molecular complexity index is 865. The third-order valence-corrected chi connectivity index (χ3v) is 6.85. The van der Waals surface area contributed by atoms with Crippen LogP contribution >= 0.6 is 15.9 Å². The summed E-state index contributed by atoms with van der Waals surface area (Å²) in [5, 5.41) is 6.54. The minimum atomic E-state index is 0.661. The first kappa shape index (κ1) is 29.4. The second-order valence-corrected chi connectivity index (χ2v) is 9.40. The zero-order valence-electron chi connectivity index (χ0n) is 22.2. The molecule has 0 unspecified atom stereocenters. The van der Waals surface area contributed by atoms with Gasteiger partial charge in [-0.15, -0.1) is 0 Å². The Kier molecular flexibility index (Phi) is 13.6. The van der Waals surface area contributed by atoms with E-state index in [0.29, 0.717) is 5.92 Å². The maximum atomic E-state index is 4.32. The first-order valence-corrected chi connectivity index (χ1v) is 13.3. The van der Waals surface area contributed by atoms with E-state index < -0.39 is 0 Å². The minimum Gasteiger partial charge on any atom is -0.355 e. The van der Waals surface area contributed by atoms with E-state index in [4.69, 9.17) is 0 Å². The highest BCUT2D eigenvalue weighted by Crippen LogP contribution is 2.34. The van der Waals surface area contributed by atoms with Crippen LogP contribution in [0.4, 0.5) is 5.69 Å². The third-order valence-electron chi connectivity index (χ3n) is 6.36. The van der Waals surface area contributed by atoms with Gasteiger partial charge in [-0.05, 0) is 113 Å². The molecule has 3 rings (SSSR count). The van der Waals surface area contributed by atoms with Gasteiger partial charge in [-0.2, -0.15) is 0 Å². The second-order valence-electron chi connectivity index (χ2n) is 8.49. The SMILES string of the molecule is C=C(Nc1cc(C2CCN(CC)CC2)cc(C)c1C)c1cc(Br)ccc1C.CC.CCNC. The molecule has 0 aromatic heterocycles. The normalized spacial score (nSPS) is 14.0. The Hall–Kier alpha value is -1.62. The molecule has 0 aliphatic carbocycles. The summed E-state index contributed by atoms with van der Waals surface area (Å²) in [7, 11) is 1.93. The maximum Gasteiger partial charge on any atom is 0.0419 e. The number of piperidine rings is 1. The van der Waals surface area contributed by atoms with E-state index in [1.54, 1.807) is 0 Å². The summed E-state index contributed by atoms with van der Waals surface area (Å²) in [5.74, 6) is 0.661. The van der Waals surface area contributed by atoms with E-state index in [2.05, 4.69) is 103 Å². The number of likely N-dealkylation sites (tertiary alicyclic amines) is 1. The van der Waals surface area contributed by atoms with Crippen LogP contribution in [0.5, 0.6) is 0 Å². The van der Waals surface area contributed by atoms with Gasteiger partial charge in [0.25, 0.3) is 0 Å². The van der Waals surface area contributed by atoms with Gasteiger partial charge in [0.2, 0.25) is 0 Å². The van der Waals surface area contributed by atoms with E-state index in [1.165, 1.54) is 53.9 Å². The van der Waals surface area contributed by atoms with Gasteiger partial charge in [0.1, 0.15) is 0 Å². The number of aryl methyl sites for hydroxylation is 2. The Morgan fingerprint density at radius 3 is 2.18 bits per heavy atom. The van der Waals surface area contributed by atoms with Gasteiger partial charge in [-0.25, -0.2) is 0 Å². The first-order chi connectivity index (χ1) is 15.8. The second kappa shape index (κ2) is 15.3. The van der Waals surface area contributed by atoms with Crippen molar-refractivity contribution in [3.05, 3.63) is 69.2 Å². The number of hydrogen-bond acceptors (Lipinski definition) is 3. The van der Waals surface area contributed by atoms with Crippen molar-refractivity contribution in [1.29, 1.82) is 0 Å². The average molecular weight is 517 g/mol. The van der Waals surface area contributed by atoms with Crippen LogP contribution in [0, 0.1) is 20.8 Å². The van der Waals surface area contributed by atoms with Gasteiger partial charge in [0.15, 0.2) is 0 Å². The van der Waals surface area contributed by atoms with Crippen LogP contribution in [-0.4, -0.2) is 38.1 Å². The first-order valence-electron chi connectivity index (χ1n) is 12.5. The third kappa shape index (κ3) is 8.92. The molecule has 3 nitrogen and oxygen atoms in total. The summed E-state index contributed by atoms with van der Waals surface area (Å²) < 4.78 is 1.08. The number of nitrogens with zero attached hydrogens (tertiary/aromatic N) is 1. The largest absolute Gasteiger partial charge is 0.355 e. The molecule has 0 bridgehead atoms. The number of hydrogen-bond donors (Lipinski definition) is 2. The lowest BCUT2D eigenvalue weighted by atomic mass is 9.87. The van der Waals surface area contributed by atoms with Crippen molar-refractivity contribution in [1.82, 2.24) is 10.2 Å². The Morgan fingerprint density at radius 2 is 1.64 bits per heavy atom. The van der Waals surface area contributed by atoms with Gasteiger partial charge in [-0.1, -0.05) is 62.3 Å². The molecular formula is C29H46BrN3. The summed E-state index contributed by atoms with van der Waals surface area (Å²) in [6.07, 6.45) is 2.50. The highest BCUT2D eigenvalue weighted by atomic mass is 79.9. The highest BCUT2D eigenvalue weighted by Gasteiger charge is 2.21. The van der Waals surface area contributed by atoms with Crippen LogP contribution < -0.4 is 10.6 Å². The lowest BCUT2D eigenvalue weighted by Gasteiger charge is -2.32. The summed E-state index contributed by atoms with van der Waals surface area (Å²) in [4.78, 5) is 2.55. The fourth-order valence-corrected chi connectivity index (χ4v) is 4.35. The molecule has 0 radical (unpaired) electrons. The molecule has 1 aliphatic rings. The fourth-order valence-electron chi connectivity index (χ4n) is 3.98. The summed E-state index contributed by atoms with van der Waals surface area (Å²) in [6, 6.07) is 11.1. The fraction of sp³-hybridized carbons (Fsp3) is 0.517. The van der Waals surface area contributed by atoms with Gasteiger partial charge in [0, 0.05) is 21.4 Å². The standard InChI is InChI=1S/C24H31BrN2.C3H9N.C2H6/c1-6-27-11-9-20(10-12-27)21-13-17(3)18(4)24(14-21)26-19(5)23-15-22(25)8-7-16(23)2;1-3-4-2;1-2/h7-8,13-15,20,26H,5-6,9-12H2,1-4H3;4H,3H2,1-2H3;1-2H3. The molecular weight excluding hydrogens is 470 g/mol. The Balaban J connectivity index is 0.000000820. The quantitative estimate of drug-likeness (QED) is 0.409. The lowest BCUT2D eigenvalue weighted by Crippen LogP contribution is -2.32. The number of rotatable bonds is 6. The molecule has 1 aliphatic heterocycles. The zero-order chi connectivity index (χ0) is 25.0. The van der Waals surface area contributed by atoms with Crippen molar-refractivity contribution in [3.63, 3.8) is 0 Å². The predicted molar refractivity (Wildman–Crippen MR) is 152 cm³/mol. The van der Waals surface area contributed by atoms with Gasteiger partial charge in [-0.3, -0.25) is 0 Å². The zero-order valence-corrected chi connectivity index (χ0v) is 23.8. The smallest absolute Gasteiger partial charge is 0.0419 e. The molecule has 33 heavy (non-hydrogen) atoms. The van der Waals surface area contributed by atoms with E-state index in [-0.39, 0.29) is 0 Å². The van der Waals surface area contributed by atoms with Crippen molar-refractivity contribution in [2.24, 2.45) is 0 Å². The highest BCUT2D eigenvalue weighted by molar-refractivity contribution is 9.10. The summed E-state index contributed by atoms with van der Waals surface area (Å²) in [5.41, 5.74) is 8.65. The van der Waals surface area contributed by atoms with Crippen molar-refractivity contribution in [2.45, 2.75) is 67.2 Å². The van der Waals surface area contributed by atoms with E-state index in [1.807, 2.05) is 20.9 Å². The lowest BCUT2D eigenvalue weighted by molar-refractivity contribution is 0.222. The molecule has 1 saturated heterocycles. The molecule has 1 fully saturated rings. The van der Waals surface area contributed by atoms with Crippen LogP contribution in [0.1, 0.15) is 74.3 Å². The van der Waals surface area contributed by atoms with Gasteiger partial charge >= 0.3 is 0 Å². The van der Waals surface area contributed by atoms with E-state index in [0.717, 1.165) is 28.8 Å². The number of benzene rings is 2. The number of anilines is 1. The molecule has 2 aromatic rings. The van der Waals surface area contributed by atoms with Crippen molar-refractivity contribution < 1.29 is 0 Å². The Labute approximate surface area is 212 Å². The molecule has 184 valence electrons. The molecule has 2 aromatic carbocycles. The molecule has 0 atom stereocenters. The van der Waals surface area contributed by atoms with Crippen molar-refractivity contribution >= 4 is 27.3 Å². The van der Waals surface area contributed by atoms with Crippen LogP contribution in [0.15, 0.2) is 41.4 Å². The molecule has 1 heterocycles. The van der Waals surface area contributed by atoms with Crippen LogP contribution in [-0.2, 0) is 0 Å². The van der Waals surface area contributed by atoms with Gasteiger partial charge in [0.05, 0.1) is 0 Å². The number of nitrogens with one attached hydrogen (secondary N) is 2. The molecule has 4 heteroatoms. The molecule has 0 saturated carbocycles. The number of halogens is 1. The van der Waals surface area contributed by atoms with Gasteiger partial charge < -0.3 is 15.5 Å². The van der Waals surface area contributed by atoms with E-state index in [9.17, 15) is 0 Å². The van der Waals surface area contributed by atoms with Crippen molar-refractivity contribution in [3.8, 4) is 0 Å². The summed E-state index contributed by atoms with van der Waals surface area (Å²) in [6.45, 7) is 23.8.